The van der Waals surface area contributed by atoms with E-state index in [4.69, 9.17) is 5.26 Å². The van der Waals surface area contributed by atoms with E-state index in [1.807, 2.05) is 7.05 Å². The fraction of sp³-hybridized carbons (Fsp3) is 0.889. The highest BCUT2D eigenvalue weighted by Gasteiger charge is 2.41. The third-order valence-corrected chi connectivity index (χ3v) is 2.59. The minimum Gasteiger partial charge on any atom is -0.304 e. The largest absolute Gasteiger partial charge is 0.405 e. The molecule has 0 aromatic heterocycles. The highest BCUT2D eigenvalue weighted by Crippen LogP contribution is 2.26. The SMILES string of the molecule is CN1CCN(CC(C#N)C(F)(F)F)CC1. The average molecular weight is 221 g/mol. The monoisotopic (exact) mass is 221 g/mol. The van der Waals surface area contributed by atoms with Gasteiger partial charge in [0.15, 0.2) is 5.92 Å². The molecule has 1 fully saturated rings. The molecule has 15 heavy (non-hydrogen) atoms. The maximum absolute atomic E-state index is 12.3. The number of alkyl halides is 3. The van der Waals surface area contributed by atoms with Crippen LogP contribution >= 0.6 is 0 Å². The van der Waals surface area contributed by atoms with Crippen LogP contribution in [0.3, 0.4) is 0 Å². The van der Waals surface area contributed by atoms with Crippen LogP contribution in [-0.4, -0.2) is 55.7 Å². The maximum atomic E-state index is 12.3. The Morgan fingerprint density at radius 3 is 2.20 bits per heavy atom. The molecule has 1 unspecified atom stereocenters. The third kappa shape index (κ3) is 3.68. The zero-order valence-electron chi connectivity index (χ0n) is 8.59. The molecule has 86 valence electrons. The van der Waals surface area contributed by atoms with Gasteiger partial charge in [-0.2, -0.15) is 18.4 Å². The van der Waals surface area contributed by atoms with E-state index in [0.717, 1.165) is 13.1 Å². The smallest absolute Gasteiger partial charge is 0.304 e. The van der Waals surface area contributed by atoms with Gasteiger partial charge < -0.3 is 4.90 Å². The lowest BCUT2D eigenvalue weighted by Crippen LogP contribution is -2.47. The lowest BCUT2D eigenvalue weighted by molar-refractivity contribution is -0.163. The van der Waals surface area contributed by atoms with E-state index in [0.29, 0.717) is 13.1 Å². The molecule has 0 aromatic carbocycles. The molecule has 1 saturated heterocycles. The van der Waals surface area contributed by atoms with Gasteiger partial charge in [-0.05, 0) is 7.05 Å². The van der Waals surface area contributed by atoms with Gasteiger partial charge in [0.05, 0.1) is 6.07 Å². The Morgan fingerprint density at radius 2 is 1.80 bits per heavy atom. The van der Waals surface area contributed by atoms with Crippen LogP contribution in [0.2, 0.25) is 0 Å². The first-order chi connectivity index (χ1) is 6.93. The van der Waals surface area contributed by atoms with Gasteiger partial charge in [0.25, 0.3) is 0 Å². The van der Waals surface area contributed by atoms with Crippen LogP contribution in [0.1, 0.15) is 0 Å². The van der Waals surface area contributed by atoms with Crippen molar-refractivity contribution in [2.75, 3.05) is 39.8 Å². The van der Waals surface area contributed by atoms with Crippen LogP contribution in [0.25, 0.3) is 0 Å². The molecule has 0 aliphatic carbocycles. The number of nitrogens with zero attached hydrogens (tertiary/aromatic N) is 3. The van der Waals surface area contributed by atoms with E-state index >= 15 is 0 Å². The normalized spacial score (nSPS) is 22.3. The summed E-state index contributed by atoms with van der Waals surface area (Å²) in [7, 11) is 1.93. The van der Waals surface area contributed by atoms with Crippen molar-refractivity contribution in [3.63, 3.8) is 0 Å². The van der Waals surface area contributed by atoms with Crippen LogP contribution in [0.15, 0.2) is 0 Å². The van der Waals surface area contributed by atoms with Gasteiger partial charge in [0.2, 0.25) is 0 Å². The van der Waals surface area contributed by atoms with Gasteiger partial charge in [-0.1, -0.05) is 0 Å². The lowest BCUT2D eigenvalue weighted by Gasteiger charge is -2.33. The first-order valence-corrected chi connectivity index (χ1v) is 4.80. The second-order valence-electron chi connectivity index (χ2n) is 3.83. The van der Waals surface area contributed by atoms with E-state index in [9.17, 15) is 13.2 Å². The Balaban J connectivity index is 2.44. The molecule has 1 atom stereocenters. The topological polar surface area (TPSA) is 30.3 Å². The average Bonchev–Trinajstić information content (AvgIpc) is 2.15. The fourth-order valence-electron chi connectivity index (χ4n) is 1.51. The van der Waals surface area contributed by atoms with Crippen molar-refractivity contribution in [1.29, 1.82) is 5.26 Å². The van der Waals surface area contributed by atoms with E-state index in [2.05, 4.69) is 4.90 Å². The molecule has 6 heteroatoms. The first kappa shape index (κ1) is 12.3. The predicted octanol–water partition coefficient (Wildman–Crippen LogP) is 0.936. The number of likely N-dealkylation sites (N-methyl/N-ethyl adjacent to an activating group) is 1. The molecular formula is C9H14F3N3. The van der Waals surface area contributed by atoms with Gasteiger partial charge in [0, 0.05) is 32.7 Å². The van der Waals surface area contributed by atoms with Crippen molar-refractivity contribution in [3.8, 4) is 6.07 Å². The molecule has 1 heterocycles. The predicted molar refractivity (Wildman–Crippen MR) is 49.1 cm³/mol. The maximum Gasteiger partial charge on any atom is 0.405 e. The van der Waals surface area contributed by atoms with E-state index in [1.165, 1.54) is 6.07 Å². The number of hydrogen-bond acceptors (Lipinski definition) is 3. The van der Waals surface area contributed by atoms with Crippen molar-refractivity contribution < 1.29 is 13.2 Å². The number of piperazine rings is 1. The van der Waals surface area contributed by atoms with E-state index in [-0.39, 0.29) is 6.54 Å². The minimum atomic E-state index is -4.40. The lowest BCUT2D eigenvalue weighted by atomic mass is 10.1. The summed E-state index contributed by atoms with van der Waals surface area (Å²) in [4.78, 5) is 3.76. The number of hydrogen-bond donors (Lipinski definition) is 0. The molecule has 1 rings (SSSR count). The van der Waals surface area contributed by atoms with Crippen molar-refractivity contribution >= 4 is 0 Å². The molecule has 0 amide bonds. The van der Waals surface area contributed by atoms with Gasteiger partial charge in [-0.15, -0.1) is 0 Å². The number of halogens is 3. The molecule has 0 aromatic rings. The fourth-order valence-corrected chi connectivity index (χ4v) is 1.51. The zero-order chi connectivity index (χ0) is 11.5. The summed E-state index contributed by atoms with van der Waals surface area (Å²) < 4.78 is 36.9. The Bertz CT molecular complexity index is 238. The van der Waals surface area contributed by atoms with Crippen LogP contribution < -0.4 is 0 Å². The van der Waals surface area contributed by atoms with Crippen molar-refractivity contribution in [2.24, 2.45) is 5.92 Å². The van der Waals surface area contributed by atoms with Crippen LogP contribution in [0.4, 0.5) is 13.2 Å². The molecule has 3 nitrogen and oxygen atoms in total. The standard InChI is InChI=1S/C9H14F3N3/c1-14-2-4-15(5-3-14)7-8(6-13)9(10,11)12/h8H,2-5,7H2,1H3. The number of rotatable bonds is 2. The van der Waals surface area contributed by atoms with Gasteiger partial charge >= 0.3 is 6.18 Å². The van der Waals surface area contributed by atoms with Gasteiger partial charge in [0.1, 0.15) is 0 Å². The first-order valence-electron chi connectivity index (χ1n) is 4.80. The molecule has 0 bridgehead atoms. The van der Waals surface area contributed by atoms with Gasteiger partial charge in [-0.3, -0.25) is 4.90 Å². The summed E-state index contributed by atoms with van der Waals surface area (Å²) in [5, 5.41) is 8.44. The summed E-state index contributed by atoms with van der Waals surface area (Å²) >= 11 is 0. The van der Waals surface area contributed by atoms with Gasteiger partial charge in [-0.25, -0.2) is 0 Å². The zero-order valence-corrected chi connectivity index (χ0v) is 8.59. The quantitative estimate of drug-likeness (QED) is 0.695. The summed E-state index contributed by atoms with van der Waals surface area (Å²) in [5.41, 5.74) is 0. The summed E-state index contributed by atoms with van der Waals surface area (Å²) in [5.74, 6) is -1.86. The highest BCUT2D eigenvalue weighted by molar-refractivity contribution is 4.91. The van der Waals surface area contributed by atoms with Crippen LogP contribution in [-0.2, 0) is 0 Å². The highest BCUT2D eigenvalue weighted by atomic mass is 19.4. The Kier molecular flexibility index (Phi) is 3.94. The summed E-state index contributed by atoms with van der Waals surface area (Å²) in [6, 6.07) is 1.32. The molecule has 0 saturated carbocycles. The molecular weight excluding hydrogens is 207 g/mol. The van der Waals surface area contributed by atoms with Crippen LogP contribution in [0.5, 0.6) is 0 Å². The summed E-state index contributed by atoms with van der Waals surface area (Å²) in [6.45, 7) is 2.52. The van der Waals surface area contributed by atoms with Crippen LogP contribution in [0, 0.1) is 17.2 Å². The third-order valence-electron chi connectivity index (χ3n) is 2.59. The van der Waals surface area contributed by atoms with Crippen molar-refractivity contribution in [3.05, 3.63) is 0 Å². The second-order valence-corrected chi connectivity index (χ2v) is 3.83. The van der Waals surface area contributed by atoms with E-state index < -0.39 is 12.1 Å². The number of nitriles is 1. The molecule has 1 aliphatic rings. The van der Waals surface area contributed by atoms with Crippen molar-refractivity contribution in [1.82, 2.24) is 9.80 Å². The minimum absolute atomic E-state index is 0.201. The Morgan fingerprint density at radius 1 is 1.27 bits per heavy atom. The summed E-state index contributed by atoms with van der Waals surface area (Å²) in [6.07, 6.45) is -4.40. The second kappa shape index (κ2) is 4.81. The Labute approximate surface area is 87.1 Å². The Hall–Kier alpha value is -0.800. The molecule has 0 radical (unpaired) electrons. The molecule has 0 N–H and O–H groups in total. The van der Waals surface area contributed by atoms with E-state index in [1.54, 1.807) is 4.90 Å². The molecule has 1 aliphatic heterocycles. The molecule has 0 spiro atoms. The van der Waals surface area contributed by atoms with Crippen molar-refractivity contribution in [2.45, 2.75) is 6.18 Å².